The predicted molar refractivity (Wildman–Crippen MR) is 95.7 cm³/mol. The van der Waals surface area contributed by atoms with Crippen LogP contribution in [0.1, 0.15) is 6.92 Å². The van der Waals surface area contributed by atoms with Crippen LogP contribution in [0, 0.1) is 9.64 Å². The molecule has 0 aliphatic carbocycles. The topological polar surface area (TPSA) is 40.5 Å². The van der Waals surface area contributed by atoms with Crippen molar-refractivity contribution in [2.75, 3.05) is 20.3 Å². The molecular formula is C16H16ClINO3Y-. The molecule has 0 fully saturated rings. The van der Waals surface area contributed by atoms with E-state index >= 15 is 0 Å². The zero-order chi connectivity index (χ0) is 16.1. The van der Waals surface area contributed by atoms with Gasteiger partial charge in [0.15, 0.2) is 0 Å². The summed E-state index contributed by atoms with van der Waals surface area (Å²) in [6.07, 6.45) is 0. The maximum Gasteiger partial charge on any atom is 0.207 e. The normalized spacial score (nSPS) is 10.3. The van der Waals surface area contributed by atoms with E-state index in [4.69, 9.17) is 21.1 Å². The van der Waals surface area contributed by atoms with Crippen LogP contribution in [-0.4, -0.2) is 24.9 Å². The van der Waals surface area contributed by atoms with Gasteiger partial charge in [0, 0.05) is 46.4 Å². The third kappa shape index (κ3) is 5.26. The number of hydrogen-bond acceptors (Lipinski definition) is 3. The van der Waals surface area contributed by atoms with Crippen molar-refractivity contribution in [1.82, 2.24) is 4.57 Å². The van der Waals surface area contributed by atoms with E-state index in [2.05, 4.69) is 6.07 Å². The molecule has 121 valence electrons. The first-order valence-corrected chi connectivity index (χ1v) is 8.26. The Kier molecular flexibility index (Phi) is 9.30. The van der Waals surface area contributed by atoms with Gasteiger partial charge in [-0.2, -0.15) is 12.1 Å². The molecule has 0 saturated heterocycles. The fourth-order valence-electron chi connectivity index (χ4n) is 2.05. The van der Waals surface area contributed by atoms with Gasteiger partial charge in [-0.15, -0.1) is 28.7 Å². The fraction of sp³-hybridized carbons (Fsp3) is 0.312. The number of halogens is 2. The van der Waals surface area contributed by atoms with Gasteiger partial charge in [-0.1, -0.05) is 22.9 Å². The van der Waals surface area contributed by atoms with Crippen LogP contribution < -0.4 is 10.3 Å². The van der Waals surface area contributed by atoms with Crippen molar-refractivity contribution < 1.29 is 42.2 Å². The van der Waals surface area contributed by atoms with Crippen molar-refractivity contribution in [1.29, 1.82) is 0 Å². The second-order valence-corrected chi connectivity index (χ2v) is 6.09. The Morgan fingerprint density at radius 1 is 1.35 bits per heavy atom. The first kappa shape index (κ1) is 21.1. The smallest absolute Gasteiger partial charge is 0.207 e. The van der Waals surface area contributed by atoms with E-state index in [9.17, 15) is 4.79 Å². The average molecular weight is 522 g/mol. The molecule has 0 aliphatic heterocycles. The second kappa shape index (κ2) is 10.1. The molecule has 4 nitrogen and oxygen atoms in total. The van der Waals surface area contributed by atoms with Crippen LogP contribution in [0.15, 0.2) is 29.1 Å². The molecule has 0 aliphatic rings. The van der Waals surface area contributed by atoms with Gasteiger partial charge < -0.3 is 14.0 Å². The Balaban J connectivity index is 0.00000264. The monoisotopic (exact) mass is 521 g/mol. The molecule has 1 heterocycles. The van der Waals surface area contributed by atoms with Crippen molar-refractivity contribution in [2.24, 2.45) is 0 Å². The van der Waals surface area contributed by atoms with Gasteiger partial charge in [-0.3, -0.25) is 4.79 Å². The molecule has 0 amide bonds. The first-order chi connectivity index (χ1) is 10.6. The summed E-state index contributed by atoms with van der Waals surface area (Å²) in [6, 6.07) is 10.2. The molecule has 1 aromatic carbocycles. The molecule has 0 spiro atoms. The van der Waals surface area contributed by atoms with Crippen LogP contribution in [0.25, 0.3) is 11.3 Å². The number of aromatic nitrogens is 1. The minimum atomic E-state index is -0.0339. The molecule has 0 saturated carbocycles. The summed E-state index contributed by atoms with van der Waals surface area (Å²) < 4.78 is 12.8. The minimum Gasteiger partial charge on any atom is -0.491 e. The third-order valence-electron chi connectivity index (χ3n) is 3.12. The maximum atomic E-state index is 12.2. The van der Waals surface area contributed by atoms with Gasteiger partial charge in [0.25, 0.3) is 0 Å². The summed E-state index contributed by atoms with van der Waals surface area (Å²) in [4.78, 5) is 12.2. The van der Waals surface area contributed by atoms with E-state index < -0.39 is 0 Å². The molecule has 2 aromatic rings. The van der Waals surface area contributed by atoms with Gasteiger partial charge in [-0.05, 0) is 27.6 Å². The summed E-state index contributed by atoms with van der Waals surface area (Å²) in [7, 11) is 1.62. The Bertz CT molecular complexity index is 721. The Morgan fingerprint density at radius 2 is 2.09 bits per heavy atom. The molecular weight excluding hydrogens is 505 g/mol. The molecule has 23 heavy (non-hydrogen) atoms. The van der Waals surface area contributed by atoms with E-state index in [0.717, 1.165) is 5.56 Å². The molecule has 2 rings (SSSR count). The zero-order valence-corrected chi connectivity index (χ0v) is 18.7. The number of rotatable bonds is 6. The second-order valence-electron chi connectivity index (χ2n) is 4.52. The quantitative estimate of drug-likeness (QED) is 0.331. The minimum absolute atomic E-state index is 0. The Morgan fingerprint density at radius 3 is 2.70 bits per heavy atom. The number of methoxy groups -OCH3 is 1. The number of benzene rings is 1. The number of hydrogen-bond donors (Lipinski definition) is 0. The molecule has 0 atom stereocenters. The van der Waals surface area contributed by atoms with Crippen molar-refractivity contribution in [3.63, 3.8) is 0 Å². The van der Waals surface area contributed by atoms with Gasteiger partial charge in [0.1, 0.15) is 12.4 Å². The van der Waals surface area contributed by atoms with E-state index in [1.54, 1.807) is 23.8 Å². The standard InChI is InChI=1S/C16H16ClINO3.Y/c1-3-19-15(7-6-14(18)16(19)20)12-5-4-11(10-13(12)17)22-9-8-21-2;/h4-6,10H,3,8-9H2,1-2H3;/q-1;. The van der Waals surface area contributed by atoms with Crippen LogP contribution in [0.3, 0.4) is 0 Å². The van der Waals surface area contributed by atoms with Gasteiger partial charge >= 0.3 is 0 Å². The Hall–Kier alpha value is 0.0539. The van der Waals surface area contributed by atoms with Crippen molar-refractivity contribution in [3.05, 3.63) is 49.3 Å². The largest absolute Gasteiger partial charge is 0.491 e. The van der Waals surface area contributed by atoms with Crippen LogP contribution in [0.4, 0.5) is 0 Å². The summed E-state index contributed by atoms with van der Waals surface area (Å²) in [5, 5.41) is 0.522. The molecule has 0 unspecified atom stereocenters. The SMILES string of the molecule is CCn1c(-c2ccc(OCCOC)cc2Cl)[c-]cc(I)c1=O.[Y]. The molecule has 0 N–H and O–H groups in total. The fourth-order valence-corrected chi connectivity index (χ4v) is 2.75. The van der Waals surface area contributed by atoms with Crippen LogP contribution in [0.2, 0.25) is 5.02 Å². The Labute approximate surface area is 179 Å². The summed E-state index contributed by atoms with van der Waals surface area (Å²) >= 11 is 8.36. The summed E-state index contributed by atoms with van der Waals surface area (Å²) in [5.74, 6) is 0.668. The number of nitrogens with zero attached hydrogens (tertiary/aromatic N) is 1. The molecule has 1 radical (unpaired) electrons. The summed E-state index contributed by atoms with van der Waals surface area (Å²) in [5.41, 5.74) is 1.41. The average Bonchev–Trinajstić information content (AvgIpc) is 2.51. The van der Waals surface area contributed by atoms with Gasteiger partial charge in [0.2, 0.25) is 5.56 Å². The third-order valence-corrected chi connectivity index (χ3v) is 4.21. The van der Waals surface area contributed by atoms with Crippen LogP contribution >= 0.6 is 34.2 Å². The van der Waals surface area contributed by atoms with E-state index in [-0.39, 0.29) is 38.3 Å². The number of pyridine rings is 1. The maximum absolute atomic E-state index is 12.2. The van der Waals surface area contributed by atoms with E-state index in [1.807, 2.05) is 41.6 Å². The summed E-state index contributed by atoms with van der Waals surface area (Å²) in [6.45, 7) is 3.45. The number of ether oxygens (including phenoxy) is 2. The van der Waals surface area contributed by atoms with Gasteiger partial charge in [0.05, 0.1) is 6.61 Å². The van der Waals surface area contributed by atoms with Crippen molar-refractivity contribution in [2.45, 2.75) is 13.5 Å². The van der Waals surface area contributed by atoms with Crippen LogP contribution in [0.5, 0.6) is 5.75 Å². The van der Waals surface area contributed by atoms with Crippen LogP contribution in [-0.2, 0) is 44.0 Å². The van der Waals surface area contributed by atoms with E-state index in [1.165, 1.54) is 0 Å². The zero-order valence-electron chi connectivity index (χ0n) is 12.9. The first-order valence-electron chi connectivity index (χ1n) is 6.81. The molecule has 0 bridgehead atoms. The van der Waals surface area contributed by atoms with E-state index in [0.29, 0.717) is 39.8 Å². The van der Waals surface area contributed by atoms with Crippen molar-refractivity contribution in [3.8, 4) is 17.0 Å². The molecule has 7 heteroatoms. The predicted octanol–water partition coefficient (Wildman–Crippen LogP) is 3.62. The van der Waals surface area contributed by atoms with Gasteiger partial charge in [-0.25, -0.2) is 0 Å². The van der Waals surface area contributed by atoms with Crippen molar-refractivity contribution >= 4 is 34.2 Å². The molecule has 1 aromatic heterocycles.